The highest BCUT2D eigenvalue weighted by molar-refractivity contribution is 9.10. The van der Waals surface area contributed by atoms with Crippen LogP contribution in [0.3, 0.4) is 0 Å². The summed E-state index contributed by atoms with van der Waals surface area (Å²) in [4.78, 5) is 0. The van der Waals surface area contributed by atoms with Crippen molar-refractivity contribution in [2.75, 3.05) is 12.4 Å². The SMILES string of the molecule is COc1ccc(C)cc1Nc1cccc(Br)c1C#N. The molecule has 2 aromatic carbocycles. The van der Waals surface area contributed by atoms with Gasteiger partial charge in [0.15, 0.2) is 0 Å². The maximum absolute atomic E-state index is 9.21. The van der Waals surface area contributed by atoms with Crippen LogP contribution in [0.25, 0.3) is 0 Å². The first-order valence-electron chi connectivity index (χ1n) is 5.76. The zero-order valence-corrected chi connectivity index (χ0v) is 12.3. The predicted molar refractivity (Wildman–Crippen MR) is 79.9 cm³/mol. The number of halogens is 1. The fraction of sp³-hybridized carbons (Fsp3) is 0.133. The molecule has 19 heavy (non-hydrogen) atoms. The molecule has 0 unspecified atom stereocenters. The van der Waals surface area contributed by atoms with Crippen LogP contribution >= 0.6 is 15.9 Å². The zero-order chi connectivity index (χ0) is 13.8. The first kappa shape index (κ1) is 13.4. The van der Waals surface area contributed by atoms with E-state index in [4.69, 9.17) is 4.74 Å². The van der Waals surface area contributed by atoms with Gasteiger partial charge in [0.25, 0.3) is 0 Å². The molecule has 0 atom stereocenters. The molecule has 0 spiro atoms. The number of nitriles is 1. The Morgan fingerprint density at radius 2 is 2.00 bits per heavy atom. The maximum atomic E-state index is 9.21. The van der Waals surface area contributed by atoms with Gasteiger partial charge in [-0.05, 0) is 52.7 Å². The number of anilines is 2. The Morgan fingerprint density at radius 1 is 1.21 bits per heavy atom. The lowest BCUT2D eigenvalue weighted by atomic mass is 10.1. The molecule has 0 aliphatic heterocycles. The molecule has 0 aliphatic carbocycles. The Bertz CT molecular complexity index is 647. The number of benzene rings is 2. The largest absolute Gasteiger partial charge is 0.495 e. The van der Waals surface area contributed by atoms with Crippen LogP contribution in [-0.4, -0.2) is 7.11 Å². The average molecular weight is 317 g/mol. The second kappa shape index (κ2) is 5.77. The molecule has 0 aliphatic rings. The summed E-state index contributed by atoms with van der Waals surface area (Å²) in [5.74, 6) is 0.745. The number of methoxy groups -OCH3 is 1. The van der Waals surface area contributed by atoms with Gasteiger partial charge in [-0.1, -0.05) is 12.1 Å². The standard InChI is InChI=1S/C15H13BrN2O/c1-10-6-7-15(19-2)14(8-10)18-13-5-3-4-12(16)11(13)9-17/h3-8,18H,1-2H3. The highest BCUT2D eigenvalue weighted by atomic mass is 79.9. The molecule has 4 heteroatoms. The van der Waals surface area contributed by atoms with Crippen molar-refractivity contribution in [3.8, 4) is 11.8 Å². The Hall–Kier alpha value is -1.99. The summed E-state index contributed by atoms with van der Waals surface area (Å²) in [6.07, 6.45) is 0. The molecule has 0 aromatic heterocycles. The highest BCUT2D eigenvalue weighted by Gasteiger charge is 2.09. The third-order valence-corrected chi connectivity index (χ3v) is 3.41. The minimum Gasteiger partial charge on any atom is -0.495 e. The predicted octanol–water partition coefficient (Wildman–Crippen LogP) is 4.38. The van der Waals surface area contributed by atoms with Gasteiger partial charge in [0, 0.05) is 4.47 Å². The van der Waals surface area contributed by atoms with E-state index in [1.54, 1.807) is 7.11 Å². The Balaban J connectivity index is 2.45. The molecular formula is C15H13BrN2O. The topological polar surface area (TPSA) is 45.0 Å². The van der Waals surface area contributed by atoms with Gasteiger partial charge >= 0.3 is 0 Å². The van der Waals surface area contributed by atoms with Gasteiger partial charge < -0.3 is 10.1 Å². The number of nitrogens with zero attached hydrogens (tertiary/aromatic N) is 1. The van der Waals surface area contributed by atoms with Crippen LogP contribution in [0.4, 0.5) is 11.4 Å². The number of aryl methyl sites for hydroxylation is 1. The summed E-state index contributed by atoms with van der Waals surface area (Å²) in [5.41, 5.74) is 3.29. The van der Waals surface area contributed by atoms with Crippen molar-refractivity contribution in [1.82, 2.24) is 0 Å². The van der Waals surface area contributed by atoms with E-state index in [0.29, 0.717) is 5.56 Å². The quantitative estimate of drug-likeness (QED) is 0.913. The van der Waals surface area contributed by atoms with E-state index in [2.05, 4.69) is 27.3 Å². The first-order valence-corrected chi connectivity index (χ1v) is 6.55. The van der Waals surface area contributed by atoms with E-state index in [1.807, 2.05) is 43.3 Å². The van der Waals surface area contributed by atoms with Crippen LogP contribution in [0.5, 0.6) is 5.75 Å². The number of hydrogen-bond acceptors (Lipinski definition) is 3. The van der Waals surface area contributed by atoms with Crippen LogP contribution < -0.4 is 10.1 Å². The molecule has 2 rings (SSSR count). The Labute approximate surface area is 121 Å². The van der Waals surface area contributed by atoms with Gasteiger partial charge in [-0.3, -0.25) is 0 Å². The van der Waals surface area contributed by atoms with Crippen molar-refractivity contribution in [3.63, 3.8) is 0 Å². The maximum Gasteiger partial charge on any atom is 0.142 e. The van der Waals surface area contributed by atoms with E-state index >= 15 is 0 Å². The minimum atomic E-state index is 0.575. The van der Waals surface area contributed by atoms with E-state index < -0.39 is 0 Å². The molecule has 0 heterocycles. The molecule has 0 bridgehead atoms. The average Bonchev–Trinajstić information content (AvgIpc) is 2.39. The van der Waals surface area contributed by atoms with E-state index in [9.17, 15) is 5.26 Å². The van der Waals surface area contributed by atoms with Gasteiger partial charge in [-0.15, -0.1) is 0 Å². The van der Waals surface area contributed by atoms with Crippen molar-refractivity contribution < 1.29 is 4.74 Å². The molecule has 0 saturated heterocycles. The van der Waals surface area contributed by atoms with Gasteiger partial charge in [0.2, 0.25) is 0 Å². The molecular weight excluding hydrogens is 304 g/mol. The lowest BCUT2D eigenvalue weighted by Gasteiger charge is -2.13. The number of ether oxygens (including phenoxy) is 1. The summed E-state index contributed by atoms with van der Waals surface area (Å²) in [5, 5.41) is 12.5. The summed E-state index contributed by atoms with van der Waals surface area (Å²) < 4.78 is 6.09. The Morgan fingerprint density at radius 3 is 2.68 bits per heavy atom. The third kappa shape index (κ3) is 2.88. The van der Waals surface area contributed by atoms with Crippen molar-refractivity contribution in [2.45, 2.75) is 6.92 Å². The minimum absolute atomic E-state index is 0.575. The summed E-state index contributed by atoms with van der Waals surface area (Å²) in [6.45, 7) is 2.01. The lowest BCUT2D eigenvalue weighted by Crippen LogP contribution is -1.97. The molecule has 2 aromatic rings. The van der Waals surface area contributed by atoms with Crippen LogP contribution in [0.15, 0.2) is 40.9 Å². The highest BCUT2D eigenvalue weighted by Crippen LogP contribution is 2.32. The smallest absolute Gasteiger partial charge is 0.142 e. The zero-order valence-electron chi connectivity index (χ0n) is 10.7. The normalized spacial score (nSPS) is 9.79. The fourth-order valence-corrected chi connectivity index (χ4v) is 2.26. The molecule has 0 amide bonds. The number of rotatable bonds is 3. The molecule has 0 saturated carbocycles. The van der Waals surface area contributed by atoms with Crippen molar-refractivity contribution >= 4 is 27.3 Å². The van der Waals surface area contributed by atoms with Crippen LogP contribution in [0.2, 0.25) is 0 Å². The monoisotopic (exact) mass is 316 g/mol. The van der Waals surface area contributed by atoms with Gasteiger partial charge in [-0.25, -0.2) is 0 Å². The summed E-state index contributed by atoms with van der Waals surface area (Å²) in [7, 11) is 1.63. The second-order valence-corrected chi connectivity index (χ2v) is 4.96. The van der Waals surface area contributed by atoms with Crippen LogP contribution in [-0.2, 0) is 0 Å². The molecule has 0 radical (unpaired) electrons. The van der Waals surface area contributed by atoms with E-state index in [-0.39, 0.29) is 0 Å². The molecule has 0 fully saturated rings. The van der Waals surface area contributed by atoms with E-state index in [0.717, 1.165) is 27.2 Å². The molecule has 3 nitrogen and oxygen atoms in total. The van der Waals surface area contributed by atoms with Crippen molar-refractivity contribution in [3.05, 3.63) is 52.0 Å². The fourth-order valence-electron chi connectivity index (χ4n) is 1.81. The first-order chi connectivity index (χ1) is 9.15. The number of hydrogen-bond donors (Lipinski definition) is 1. The van der Waals surface area contributed by atoms with Crippen LogP contribution in [0.1, 0.15) is 11.1 Å². The third-order valence-electron chi connectivity index (χ3n) is 2.75. The summed E-state index contributed by atoms with van der Waals surface area (Å²) in [6, 6.07) is 13.7. The Kier molecular flexibility index (Phi) is 4.08. The molecule has 96 valence electrons. The summed E-state index contributed by atoms with van der Waals surface area (Å²) >= 11 is 3.38. The van der Waals surface area contributed by atoms with Gasteiger partial charge in [0.05, 0.1) is 24.0 Å². The molecule has 1 N–H and O–H groups in total. The van der Waals surface area contributed by atoms with Gasteiger partial charge in [0.1, 0.15) is 11.8 Å². The van der Waals surface area contributed by atoms with Gasteiger partial charge in [-0.2, -0.15) is 5.26 Å². The van der Waals surface area contributed by atoms with Crippen LogP contribution in [0, 0.1) is 18.3 Å². The number of nitrogens with one attached hydrogen (secondary N) is 1. The second-order valence-electron chi connectivity index (χ2n) is 4.10. The lowest BCUT2D eigenvalue weighted by molar-refractivity contribution is 0.416. The van der Waals surface area contributed by atoms with E-state index in [1.165, 1.54) is 0 Å². The van der Waals surface area contributed by atoms with Crippen molar-refractivity contribution in [2.24, 2.45) is 0 Å². The van der Waals surface area contributed by atoms with Crippen molar-refractivity contribution in [1.29, 1.82) is 5.26 Å².